The van der Waals surface area contributed by atoms with Gasteiger partial charge in [0.2, 0.25) is 0 Å². The highest BCUT2D eigenvalue weighted by Crippen LogP contribution is 2.67. The second-order valence-electron chi connectivity index (χ2n) is 14.1. The molecule has 4 saturated carbocycles. The highest BCUT2D eigenvalue weighted by atomic mass is 28.4. The van der Waals surface area contributed by atoms with Crippen LogP contribution in [0.25, 0.3) is 0 Å². The Morgan fingerprint density at radius 3 is 2.41 bits per heavy atom. The largest absolute Gasteiger partial charge is 0.412 e. The summed E-state index contributed by atoms with van der Waals surface area (Å²) in [7, 11) is -1.61. The lowest BCUT2D eigenvalue weighted by atomic mass is 9.60. The first-order valence-corrected chi connectivity index (χ1v) is 18.3. The Balaban J connectivity index is 1.43. The van der Waals surface area contributed by atoms with Gasteiger partial charge in [-0.2, -0.15) is 0 Å². The molecular formula is C33H56O3Si. The summed E-state index contributed by atoms with van der Waals surface area (Å²) < 4.78 is 6.84. The minimum absolute atomic E-state index is 0.0495. The van der Waals surface area contributed by atoms with E-state index in [0.29, 0.717) is 34.9 Å². The van der Waals surface area contributed by atoms with Crippen LogP contribution in [-0.2, 0) is 9.22 Å². The smallest absolute Gasteiger partial charge is 0.192 e. The second kappa shape index (κ2) is 11.0. The number of Topliss-reactive ketones (excluding diaryl/α,β-unsaturated/α-hetero) is 1. The third-order valence-electron chi connectivity index (χ3n) is 11.8. The van der Waals surface area contributed by atoms with E-state index in [0.717, 1.165) is 32.1 Å². The van der Waals surface area contributed by atoms with Crippen molar-refractivity contribution < 1.29 is 14.3 Å². The number of carbonyl (C=O) groups excluding carboxylic acids is 1. The van der Waals surface area contributed by atoms with Crippen molar-refractivity contribution in [3.63, 3.8) is 0 Å². The van der Waals surface area contributed by atoms with E-state index in [1.807, 2.05) is 0 Å². The Morgan fingerprint density at radius 1 is 1.14 bits per heavy atom. The van der Waals surface area contributed by atoms with E-state index >= 15 is 0 Å². The molecule has 0 heterocycles. The molecule has 3 nitrogen and oxygen atoms in total. The maximum Gasteiger partial charge on any atom is 0.192 e. The van der Waals surface area contributed by atoms with Gasteiger partial charge in [0.05, 0.1) is 12.2 Å². The van der Waals surface area contributed by atoms with Crippen molar-refractivity contribution >= 4 is 14.1 Å². The molecule has 0 bridgehead atoms. The Kier molecular flexibility index (Phi) is 8.74. The summed E-state index contributed by atoms with van der Waals surface area (Å²) in [5.74, 6) is 2.90. The average molecular weight is 529 g/mol. The molecule has 0 spiro atoms. The van der Waals surface area contributed by atoms with Crippen LogP contribution in [0.5, 0.6) is 0 Å². The summed E-state index contributed by atoms with van der Waals surface area (Å²) >= 11 is 0. The van der Waals surface area contributed by atoms with Gasteiger partial charge in [0.25, 0.3) is 0 Å². The fourth-order valence-corrected chi connectivity index (χ4v) is 12.5. The normalized spacial score (nSPS) is 36.7. The fraction of sp³-hybridized carbons (Fsp3) is 0.848. The van der Waals surface area contributed by atoms with Crippen molar-refractivity contribution in [2.45, 2.75) is 130 Å². The van der Waals surface area contributed by atoms with Gasteiger partial charge in [-0.25, -0.2) is 0 Å². The van der Waals surface area contributed by atoms with Gasteiger partial charge < -0.3 is 9.53 Å². The lowest BCUT2D eigenvalue weighted by molar-refractivity contribution is -0.124. The summed E-state index contributed by atoms with van der Waals surface area (Å²) in [6.07, 6.45) is 17.4. The monoisotopic (exact) mass is 528 g/mol. The molecule has 0 radical (unpaired) electrons. The molecule has 0 aromatic rings. The molecule has 4 aliphatic carbocycles. The van der Waals surface area contributed by atoms with Gasteiger partial charge in [0.15, 0.2) is 8.32 Å². The number of rotatable bonds is 12. The average Bonchev–Trinajstić information content (AvgIpc) is 3.37. The molecule has 0 aromatic carbocycles. The first-order valence-electron chi connectivity index (χ1n) is 15.7. The standard InChI is InChI=1S/C33H56O3Si/c1-8-37(9-2,10-3)36-31(5,6)19-11-13-24(4)28-16-17-29-25(14-12-20-32(28,29)7)21-27(23-34)33-22-26(33)15-18-30(33)35/h11,13,21,24,26-29,34H,8-10,12,14-20,22-23H2,1-7H3/b13-11+,25-21+/t24-,26-,27+,28-,29+,32-,33+/m1/s1. The van der Waals surface area contributed by atoms with E-state index in [4.69, 9.17) is 4.43 Å². The summed E-state index contributed by atoms with van der Waals surface area (Å²) in [6, 6.07) is 3.61. The van der Waals surface area contributed by atoms with E-state index < -0.39 is 8.32 Å². The Labute approximate surface area is 229 Å². The maximum atomic E-state index is 12.8. The van der Waals surface area contributed by atoms with Crippen molar-refractivity contribution in [3.8, 4) is 0 Å². The molecular weight excluding hydrogens is 472 g/mol. The van der Waals surface area contributed by atoms with Crippen molar-refractivity contribution in [1.29, 1.82) is 0 Å². The third-order valence-corrected chi connectivity index (χ3v) is 16.7. The van der Waals surface area contributed by atoms with Gasteiger partial charge in [-0.05, 0) is 112 Å². The highest BCUT2D eigenvalue weighted by Gasteiger charge is 2.66. The van der Waals surface area contributed by atoms with E-state index in [1.54, 1.807) is 5.57 Å². The lowest BCUT2D eigenvalue weighted by Gasteiger charge is -2.44. The molecule has 7 atom stereocenters. The summed E-state index contributed by atoms with van der Waals surface area (Å²) in [5, 5.41) is 10.3. The van der Waals surface area contributed by atoms with Crippen LogP contribution in [0.2, 0.25) is 18.1 Å². The second-order valence-corrected chi connectivity index (χ2v) is 18.8. The number of aliphatic hydroxyl groups is 1. The maximum absolute atomic E-state index is 12.8. The third kappa shape index (κ3) is 5.38. The first kappa shape index (κ1) is 29.3. The molecule has 0 saturated heterocycles. The number of hydrogen-bond donors (Lipinski definition) is 1. The van der Waals surface area contributed by atoms with E-state index in [1.165, 1.54) is 43.8 Å². The zero-order valence-corrected chi connectivity index (χ0v) is 26.1. The molecule has 37 heavy (non-hydrogen) atoms. The van der Waals surface area contributed by atoms with E-state index in [2.05, 4.69) is 66.7 Å². The molecule has 210 valence electrons. The molecule has 4 heteroatoms. The van der Waals surface area contributed by atoms with E-state index in [9.17, 15) is 9.90 Å². The number of carbonyl (C=O) groups is 1. The van der Waals surface area contributed by atoms with Crippen molar-refractivity contribution in [2.24, 2.45) is 40.4 Å². The number of aliphatic hydroxyl groups excluding tert-OH is 1. The SMILES string of the molecule is CC[Si](CC)(CC)OC(C)(C)C/C=C/[C@@H](C)[C@H]1CC[C@H]2/C(=C/[C@@H](CO)[C@]34C[C@H]3CCC4=O)CCC[C@]12C. The van der Waals surface area contributed by atoms with Crippen LogP contribution in [0.15, 0.2) is 23.8 Å². The molecule has 4 rings (SSSR count). The van der Waals surface area contributed by atoms with Gasteiger partial charge in [-0.15, -0.1) is 0 Å². The molecule has 1 N–H and O–H groups in total. The Morgan fingerprint density at radius 2 is 1.84 bits per heavy atom. The van der Waals surface area contributed by atoms with Crippen LogP contribution in [0, 0.1) is 40.4 Å². The van der Waals surface area contributed by atoms with Crippen molar-refractivity contribution in [2.75, 3.05) is 6.61 Å². The van der Waals surface area contributed by atoms with Crippen molar-refractivity contribution in [1.82, 2.24) is 0 Å². The quantitative estimate of drug-likeness (QED) is 0.204. The van der Waals surface area contributed by atoms with Crippen LogP contribution in [0.1, 0.15) is 106 Å². The molecule has 4 fully saturated rings. The Bertz CT molecular complexity index is 878. The molecule has 0 unspecified atom stereocenters. The summed E-state index contributed by atoms with van der Waals surface area (Å²) in [5.41, 5.74) is 1.60. The fourth-order valence-electron chi connectivity index (χ4n) is 9.31. The summed E-state index contributed by atoms with van der Waals surface area (Å²) in [4.78, 5) is 12.8. The number of allylic oxidation sites excluding steroid dienone is 2. The molecule has 0 aliphatic heterocycles. The van der Waals surface area contributed by atoms with Crippen LogP contribution >= 0.6 is 0 Å². The highest BCUT2D eigenvalue weighted by molar-refractivity contribution is 6.73. The van der Waals surface area contributed by atoms with Gasteiger partial charge in [-0.3, -0.25) is 4.79 Å². The van der Waals surface area contributed by atoms with Crippen molar-refractivity contribution in [3.05, 3.63) is 23.8 Å². The van der Waals surface area contributed by atoms with Gasteiger partial charge >= 0.3 is 0 Å². The first-order chi connectivity index (χ1) is 17.5. The van der Waals surface area contributed by atoms with Crippen LogP contribution in [0.3, 0.4) is 0 Å². The topological polar surface area (TPSA) is 46.5 Å². The zero-order chi connectivity index (χ0) is 27.1. The minimum Gasteiger partial charge on any atom is -0.412 e. The number of hydrogen-bond acceptors (Lipinski definition) is 3. The molecule has 4 aliphatic rings. The zero-order valence-electron chi connectivity index (χ0n) is 25.1. The van der Waals surface area contributed by atoms with Crippen LogP contribution in [-0.4, -0.2) is 31.4 Å². The lowest BCUT2D eigenvalue weighted by Crippen LogP contribution is -2.44. The van der Waals surface area contributed by atoms with Gasteiger partial charge in [0.1, 0.15) is 5.78 Å². The van der Waals surface area contributed by atoms with Gasteiger partial charge in [-0.1, -0.05) is 58.4 Å². The molecule has 0 aromatic heterocycles. The van der Waals surface area contributed by atoms with Crippen LogP contribution in [0.4, 0.5) is 0 Å². The summed E-state index contributed by atoms with van der Waals surface area (Å²) in [6.45, 7) is 16.6. The minimum atomic E-state index is -1.61. The Hall–Kier alpha value is -0.713. The number of fused-ring (bicyclic) bond motifs is 2. The van der Waals surface area contributed by atoms with Crippen LogP contribution < -0.4 is 0 Å². The van der Waals surface area contributed by atoms with Gasteiger partial charge in [0, 0.05) is 17.8 Å². The predicted octanol–water partition coefficient (Wildman–Crippen LogP) is 8.49. The number of ketones is 1. The van der Waals surface area contributed by atoms with E-state index in [-0.39, 0.29) is 23.5 Å². The predicted molar refractivity (Wildman–Crippen MR) is 157 cm³/mol. The molecule has 0 amide bonds.